The molecule has 9 heteroatoms. The molecular weight excluding hydrogens is 508 g/mol. The third-order valence-electron chi connectivity index (χ3n) is 4.94. The topological polar surface area (TPSA) is 84.9 Å². The van der Waals surface area contributed by atoms with E-state index in [1.54, 1.807) is 37.4 Å². The summed E-state index contributed by atoms with van der Waals surface area (Å²) in [6.45, 7) is 1.77. The van der Waals surface area contributed by atoms with E-state index in [1.807, 2.05) is 31.2 Å². The van der Waals surface area contributed by atoms with Gasteiger partial charge in [-0.05, 0) is 70.9 Å². The summed E-state index contributed by atoms with van der Waals surface area (Å²) in [7, 11) is -0.968. The Morgan fingerprint density at radius 3 is 2.36 bits per heavy atom. The number of carbonyl (C=O) groups excluding carboxylic acids is 1. The fourth-order valence-corrected chi connectivity index (χ4v) is 5.27. The van der Waals surface area contributed by atoms with Gasteiger partial charge < -0.3 is 14.8 Å². The number of aryl methyl sites for hydroxylation is 1. The van der Waals surface area contributed by atoms with E-state index in [9.17, 15) is 13.2 Å². The third kappa shape index (κ3) is 6.06. The van der Waals surface area contributed by atoms with Crippen LogP contribution in [-0.4, -0.2) is 35.1 Å². The molecule has 174 valence electrons. The Morgan fingerprint density at radius 2 is 1.73 bits per heavy atom. The number of methoxy groups -OCH3 is 2. The Labute approximate surface area is 202 Å². The van der Waals surface area contributed by atoms with Crippen LogP contribution in [-0.2, 0) is 21.4 Å². The van der Waals surface area contributed by atoms with Crippen LogP contribution >= 0.6 is 15.9 Å². The second kappa shape index (κ2) is 10.7. The predicted molar refractivity (Wildman–Crippen MR) is 131 cm³/mol. The van der Waals surface area contributed by atoms with Crippen LogP contribution in [0, 0.1) is 6.92 Å². The summed E-state index contributed by atoms with van der Waals surface area (Å²) in [6.07, 6.45) is 0. The molecule has 0 saturated heterocycles. The fraction of sp³-hybridized carbons (Fsp3) is 0.208. The molecule has 3 aromatic carbocycles. The van der Waals surface area contributed by atoms with Crippen molar-refractivity contribution < 1.29 is 22.7 Å². The molecule has 0 aliphatic heterocycles. The van der Waals surface area contributed by atoms with E-state index in [0.29, 0.717) is 21.7 Å². The van der Waals surface area contributed by atoms with E-state index in [0.717, 1.165) is 15.4 Å². The molecule has 0 aromatic heterocycles. The van der Waals surface area contributed by atoms with Crippen molar-refractivity contribution in [2.45, 2.75) is 18.4 Å². The monoisotopic (exact) mass is 532 g/mol. The van der Waals surface area contributed by atoms with E-state index in [1.165, 1.54) is 19.2 Å². The molecule has 0 heterocycles. The minimum atomic E-state index is -4.04. The maximum absolute atomic E-state index is 13.5. The number of halogens is 1. The van der Waals surface area contributed by atoms with Gasteiger partial charge in [-0.25, -0.2) is 8.42 Å². The van der Waals surface area contributed by atoms with Crippen LogP contribution in [0.5, 0.6) is 11.5 Å². The van der Waals surface area contributed by atoms with Crippen LogP contribution in [0.2, 0.25) is 0 Å². The second-order valence-electron chi connectivity index (χ2n) is 7.27. The van der Waals surface area contributed by atoms with E-state index in [2.05, 4.69) is 21.2 Å². The normalized spacial score (nSPS) is 11.0. The first-order valence-corrected chi connectivity index (χ1v) is 12.3. The molecule has 0 spiro atoms. The summed E-state index contributed by atoms with van der Waals surface area (Å²) in [4.78, 5) is 12.8. The summed E-state index contributed by atoms with van der Waals surface area (Å²) in [6, 6.07) is 18.7. The first-order chi connectivity index (χ1) is 15.7. The zero-order valence-electron chi connectivity index (χ0n) is 18.5. The summed E-state index contributed by atoms with van der Waals surface area (Å²) >= 11 is 3.33. The summed E-state index contributed by atoms with van der Waals surface area (Å²) in [5.41, 5.74) is 2.21. The molecule has 0 radical (unpaired) electrons. The fourth-order valence-electron chi connectivity index (χ4n) is 3.13. The number of amides is 1. The molecule has 7 nitrogen and oxygen atoms in total. The van der Waals surface area contributed by atoms with Gasteiger partial charge in [-0.1, -0.05) is 29.8 Å². The van der Waals surface area contributed by atoms with E-state index >= 15 is 0 Å². The largest absolute Gasteiger partial charge is 0.497 e. The van der Waals surface area contributed by atoms with E-state index in [-0.39, 0.29) is 18.0 Å². The number of nitrogens with one attached hydrogen (secondary N) is 1. The SMILES string of the molecule is COc1cccc(CNC(=O)CN(c2ccc(C)cc2)S(=O)(=O)c2ccc(OC)c(Br)c2)c1. The molecule has 3 rings (SSSR count). The number of benzene rings is 3. The average Bonchev–Trinajstić information content (AvgIpc) is 2.82. The van der Waals surface area contributed by atoms with Gasteiger partial charge in [0.25, 0.3) is 10.0 Å². The van der Waals surface area contributed by atoms with Gasteiger partial charge in [0.05, 0.1) is 29.3 Å². The van der Waals surface area contributed by atoms with Gasteiger partial charge in [-0.3, -0.25) is 9.10 Å². The molecule has 0 bridgehead atoms. The van der Waals surface area contributed by atoms with Crippen molar-refractivity contribution in [1.82, 2.24) is 5.32 Å². The Balaban J connectivity index is 1.87. The molecule has 1 amide bonds. The maximum atomic E-state index is 13.5. The molecule has 0 aliphatic rings. The number of rotatable bonds is 9. The highest BCUT2D eigenvalue weighted by Gasteiger charge is 2.28. The summed E-state index contributed by atoms with van der Waals surface area (Å²) in [5.74, 6) is 0.747. The third-order valence-corrected chi connectivity index (χ3v) is 7.33. The van der Waals surface area contributed by atoms with Crippen molar-refractivity contribution in [3.05, 3.63) is 82.3 Å². The Hall–Kier alpha value is -3.04. The van der Waals surface area contributed by atoms with Crippen LogP contribution in [0.1, 0.15) is 11.1 Å². The molecule has 0 fully saturated rings. The van der Waals surface area contributed by atoms with Gasteiger partial charge in [-0.15, -0.1) is 0 Å². The van der Waals surface area contributed by atoms with Crippen molar-refractivity contribution in [1.29, 1.82) is 0 Å². The zero-order chi connectivity index (χ0) is 24.0. The van der Waals surface area contributed by atoms with Gasteiger partial charge in [0, 0.05) is 6.54 Å². The van der Waals surface area contributed by atoms with Gasteiger partial charge in [0.1, 0.15) is 18.0 Å². The standard InChI is InChI=1S/C24H25BrN2O5S/c1-17-7-9-19(10-8-17)27(33(29,30)21-11-12-23(32-3)22(25)14-21)16-24(28)26-15-18-5-4-6-20(13-18)31-2/h4-14H,15-16H2,1-3H3,(H,26,28). The first kappa shape index (κ1) is 24.6. The molecule has 0 atom stereocenters. The number of hydrogen-bond donors (Lipinski definition) is 1. The number of anilines is 1. The highest BCUT2D eigenvalue weighted by atomic mass is 79.9. The lowest BCUT2D eigenvalue weighted by Crippen LogP contribution is -2.40. The van der Waals surface area contributed by atoms with Crippen LogP contribution in [0.25, 0.3) is 0 Å². The number of hydrogen-bond acceptors (Lipinski definition) is 5. The Kier molecular flexibility index (Phi) is 7.99. The highest BCUT2D eigenvalue weighted by molar-refractivity contribution is 9.10. The van der Waals surface area contributed by atoms with Crippen LogP contribution in [0.3, 0.4) is 0 Å². The van der Waals surface area contributed by atoms with Crippen molar-refractivity contribution in [3.63, 3.8) is 0 Å². The molecule has 3 aromatic rings. The molecule has 0 aliphatic carbocycles. The summed E-state index contributed by atoms with van der Waals surface area (Å²) in [5, 5.41) is 2.79. The van der Waals surface area contributed by atoms with Gasteiger partial charge >= 0.3 is 0 Å². The zero-order valence-corrected chi connectivity index (χ0v) is 20.9. The molecule has 0 unspecified atom stereocenters. The Bertz CT molecular complexity index is 1230. The summed E-state index contributed by atoms with van der Waals surface area (Å²) < 4.78 is 39.1. The van der Waals surface area contributed by atoms with Crippen LogP contribution in [0.4, 0.5) is 5.69 Å². The highest BCUT2D eigenvalue weighted by Crippen LogP contribution is 2.30. The van der Waals surface area contributed by atoms with Crippen molar-refractivity contribution >= 4 is 37.5 Å². The smallest absolute Gasteiger partial charge is 0.264 e. The van der Waals surface area contributed by atoms with Gasteiger partial charge in [-0.2, -0.15) is 0 Å². The maximum Gasteiger partial charge on any atom is 0.264 e. The average molecular weight is 533 g/mol. The lowest BCUT2D eigenvalue weighted by Gasteiger charge is -2.24. The minimum Gasteiger partial charge on any atom is -0.497 e. The van der Waals surface area contributed by atoms with Crippen LogP contribution < -0.4 is 19.1 Å². The Morgan fingerprint density at radius 1 is 1.00 bits per heavy atom. The predicted octanol–water partition coefficient (Wildman–Crippen LogP) is 4.29. The van der Waals surface area contributed by atoms with E-state index in [4.69, 9.17) is 9.47 Å². The van der Waals surface area contributed by atoms with Crippen molar-refractivity contribution in [2.75, 3.05) is 25.1 Å². The van der Waals surface area contributed by atoms with Gasteiger partial charge in [0.2, 0.25) is 5.91 Å². The number of sulfonamides is 1. The van der Waals surface area contributed by atoms with Crippen LogP contribution in [0.15, 0.2) is 76.1 Å². The lowest BCUT2D eigenvalue weighted by atomic mass is 10.2. The van der Waals surface area contributed by atoms with Crippen molar-refractivity contribution in [2.24, 2.45) is 0 Å². The van der Waals surface area contributed by atoms with E-state index < -0.39 is 15.9 Å². The lowest BCUT2D eigenvalue weighted by molar-refractivity contribution is -0.119. The quantitative estimate of drug-likeness (QED) is 0.444. The number of ether oxygens (including phenoxy) is 2. The molecule has 1 N–H and O–H groups in total. The molecular formula is C24H25BrN2O5S. The number of carbonyl (C=O) groups is 1. The molecule has 33 heavy (non-hydrogen) atoms. The molecule has 0 saturated carbocycles. The second-order valence-corrected chi connectivity index (χ2v) is 9.99. The number of nitrogens with zero attached hydrogens (tertiary/aromatic N) is 1. The van der Waals surface area contributed by atoms with Gasteiger partial charge in [0.15, 0.2) is 0 Å². The van der Waals surface area contributed by atoms with Crippen molar-refractivity contribution in [3.8, 4) is 11.5 Å². The first-order valence-electron chi connectivity index (χ1n) is 10.1. The minimum absolute atomic E-state index is 0.0383.